The molecule has 2 aromatic carbocycles. The maximum absolute atomic E-state index is 5.24. The van der Waals surface area contributed by atoms with E-state index in [4.69, 9.17) is 4.74 Å². The maximum Gasteiger partial charge on any atom is 0.118 e. The van der Waals surface area contributed by atoms with Crippen LogP contribution in [0.15, 0.2) is 60.7 Å². The van der Waals surface area contributed by atoms with Crippen molar-refractivity contribution in [2.75, 3.05) is 39.8 Å². The first-order valence-corrected chi connectivity index (χ1v) is 10.1. The molecule has 3 heteroatoms. The smallest absolute Gasteiger partial charge is 0.118 e. The van der Waals surface area contributed by atoms with Gasteiger partial charge in [0.2, 0.25) is 0 Å². The zero-order valence-electron chi connectivity index (χ0n) is 16.7. The molecule has 1 atom stereocenters. The van der Waals surface area contributed by atoms with Gasteiger partial charge in [-0.3, -0.25) is 9.80 Å². The normalized spacial score (nSPS) is 17.3. The number of hydrogen-bond donors (Lipinski definition) is 0. The first-order valence-electron chi connectivity index (χ1n) is 10.1. The summed E-state index contributed by atoms with van der Waals surface area (Å²) in [5, 5.41) is 0. The van der Waals surface area contributed by atoms with Crippen LogP contribution in [0.3, 0.4) is 0 Å². The summed E-state index contributed by atoms with van der Waals surface area (Å²) in [5.41, 5.74) is 2.68. The molecule has 1 saturated heterocycles. The molecular formula is C24H32N2O. The third-order valence-corrected chi connectivity index (χ3v) is 5.51. The summed E-state index contributed by atoms with van der Waals surface area (Å²) in [6, 6.07) is 19.7. The highest BCUT2D eigenvalue weighted by molar-refractivity contribution is 5.48. The van der Waals surface area contributed by atoms with E-state index >= 15 is 0 Å². The zero-order chi connectivity index (χ0) is 18.9. The van der Waals surface area contributed by atoms with E-state index in [0.717, 1.165) is 31.8 Å². The van der Waals surface area contributed by atoms with Gasteiger partial charge < -0.3 is 4.74 Å². The third kappa shape index (κ3) is 6.23. The molecule has 1 heterocycles. The van der Waals surface area contributed by atoms with Gasteiger partial charge >= 0.3 is 0 Å². The molecule has 0 bridgehead atoms. The van der Waals surface area contributed by atoms with Gasteiger partial charge in [-0.15, -0.1) is 0 Å². The van der Waals surface area contributed by atoms with Gasteiger partial charge in [0.15, 0.2) is 0 Å². The average Bonchev–Trinajstić information content (AvgIpc) is 2.73. The number of nitrogens with zero attached hydrogens (tertiary/aromatic N) is 2. The number of benzene rings is 2. The quantitative estimate of drug-likeness (QED) is 0.693. The van der Waals surface area contributed by atoms with Gasteiger partial charge in [0.05, 0.1) is 7.11 Å². The first kappa shape index (κ1) is 19.7. The van der Waals surface area contributed by atoms with Gasteiger partial charge in [-0.2, -0.15) is 0 Å². The van der Waals surface area contributed by atoms with Gasteiger partial charge in [0.1, 0.15) is 5.75 Å². The molecule has 144 valence electrons. The largest absolute Gasteiger partial charge is 0.497 e. The first-order chi connectivity index (χ1) is 13.2. The monoisotopic (exact) mass is 364 g/mol. The van der Waals surface area contributed by atoms with Crippen molar-refractivity contribution >= 4 is 6.08 Å². The van der Waals surface area contributed by atoms with E-state index in [-0.39, 0.29) is 0 Å². The lowest BCUT2D eigenvalue weighted by Gasteiger charge is -2.37. The maximum atomic E-state index is 5.24. The van der Waals surface area contributed by atoms with Crippen molar-refractivity contribution in [2.45, 2.75) is 25.8 Å². The van der Waals surface area contributed by atoms with Crippen LogP contribution in [0.4, 0.5) is 0 Å². The Balaban J connectivity index is 1.37. The molecule has 1 aliphatic heterocycles. The summed E-state index contributed by atoms with van der Waals surface area (Å²) in [5.74, 6) is 0.934. The second-order valence-corrected chi connectivity index (χ2v) is 7.39. The van der Waals surface area contributed by atoms with Crippen molar-refractivity contribution in [2.24, 2.45) is 0 Å². The topological polar surface area (TPSA) is 15.7 Å². The Morgan fingerprint density at radius 2 is 1.67 bits per heavy atom. The highest BCUT2D eigenvalue weighted by Crippen LogP contribution is 2.16. The van der Waals surface area contributed by atoms with Gasteiger partial charge in [-0.25, -0.2) is 0 Å². The van der Waals surface area contributed by atoms with Gasteiger partial charge in [0.25, 0.3) is 0 Å². The van der Waals surface area contributed by atoms with E-state index in [2.05, 4.69) is 83.5 Å². The Hall–Kier alpha value is -2.10. The minimum absolute atomic E-state index is 0.633. The third-order valence-electron chi connectivity index (χ3n) is 5.51. The Morgan fingerprint density at radius 1 is 0.963 bits per heavy atom. The van der Waals surface area contributed by atoms with Crippen molar-refractivity contribution < 1.29 is 4.74 Å². The van der Waals surface area contributed by atoms with E-state index in [0.29, 0.717) is 6.04 Å². The number of aryl methyl sites for hydroxylation is 1. The molecule has 0 radical (unpaired) electrons. The van der Waals surface area contributed by atoms with E-state index in [9.17, 15) is 0 Å². The van der Waals surface area contributed by atoms with Crippen molar-refractivity contribution in [1.29, 1.82) is 0 Å². The number of rotatable bonds is 8. The fraction of sp³-hybridized carbons (Fsp3) is 0.417. The Morgan fingerprint density at radius 3 is 2.33 bits per heavy atom. The molecule has 1 aliphatic rings. The lowest BCUT2D eigenvalue weighted by molar-refractivity contribution is 0.106. The number of piperazine rings is 1. The summed E-state index contributed by atoms with van der Waals surface area (Å²) in [7, 11) is 1.72. The van der Waals surface area contributed by atoms with Crippen LogP contribution in [0.1, 0.15) is 24.5 Å². The number of hydrogen-bond acceptors (Lipinski definition) is 3. The Bertz CT molecular complexity index is 688. The lowest BCUT2D eigenvalue weighted by Crippen LogP contribution is -2.49. The van der Waals surface area contributed by atoms with E-state index < -0.39 is 0 Å². The molecule has 0 aromatic heterocycles. The van der Waals surface area contributed by atoms with Gasteiger partial charge in [-0.1, -0.05) is 54.6 Å². The summed E-state index contributed by atoms with van der Waals surface area (Å²) in [6.07, 6.45) is 6.85. The zero-order valence-corrected chi connectivity index (χ0v) is 16.7. The Labute approximate surface area is 164 Å². The molecule has 0 amide bonds. The molecule has 0 saturated carbocycles. The summed E-state index contributed by atoms with van der Waals surface area (Å²) >= 11 is 0. The molecule has 3 nitrogen and oxygen atoms in total. The fourth-order valence-electron chi connectivity index (χ4n) is 3.64. The fourth-order valence-corrected chi connectivity index (χ4v) is 3.64. The molecule has 3 rings (SSSR count). The van der Waals surface area contributed by atoms with Crippen LogP contribution in [-0.2, 0) is 6.42 Å². The number of ether oxygens (including phenoxy) is 1. The molecule has 2 aromatic rings. The minimum atomic E-state index is 0.633. The van der Waals surface area contributed by atoms with Crippen molar-refractivity contribution in [1.82, 2.24) is 9.80 Å². The van der Waals surface area contributed by atoms with Gasteiger partial charge in [0, 0.05) is 38.8 Å². The average molecular weight is 365 g/mol. The molecular weight excluding hydrogens is 332 g/mol. The molecule has 27 heavy (non-hydrogen) atoms. The van der Waals surface area contributed by atoms with E-state index in [1.807, 2.05) is 0 Å². The second kappa shape index (κ2) is 10.3. The van der Waals surface area contributed by atoms with Crippen LogP contribution in [0.25, 0.3) is 6.08 Å². The molecule has 0 aliphatic carbocycles. The minimum Gasteiger partial charge on any atom is -0.497 e. The van der Waals surface area contributed by atoms with Crippen LogP contribution in [-0.4, -0.2) is 55.7 Å². The standard InChI is InChI=1S/C24H32N2O/c1-21(10-11-23-12-14-24(27-2)15-13-23)26-19-17-25(18-20-26)16-6-9-22-7-4-3-5-8-22/h3-9,12-15,21H,10-11,16-20H2,1-2H3/b9-6+/t21-/m1/s1. The molecule has 1 fully saturated rings. The van der Waals surface area contributed by atoms with Crippen LogP contribution < -0.4 is 4.74 Å². The van der Waals surface area contributed by atoms with Crippen molar-refractivity contribution in [3.63, 3.8) is 0 Å². The molecule has 0 spiro atoms. The van der Waals surface area contributed by atoms with Crippen LogP contribution in [0.2, 0.25) is 0 Å². The Kier molecular flexibility index (Phi) is 7.49. The summed E-state index contributed by atoms with van der Waals surface area (Å²) in [6.45, 7) is 8.07. The highest BCUT2D eigenvalue weighted by atomic mass is 16.5. The number of methoxy groups -OCH3 is 1. The summed E-state index contributed by atoms with van der Waals surface area (Å²) in [4.78, 5) is 5.19. The summed E-state index contributed by atoms with van der Waals surface area (Å²) < 4.78 is 5.24. The van der Waals surface area contributed by atoms with Crippen molar-refractivity contribution in [3.05, 3.63) is 71.8 Å². The van der Waals surface area contributed by atoms with Crippen molar-refractivity contribution in [3.8, 4) is 5.75 Å². The molecule has 0 unspecified atom stereocenters. The second-order valence-electron chi connectivity index (χ2n) is 7.39. The van der Waals surface area contributed by atoms with Crippen LogP contribution in [0.5, 0.6) is 5.75 Å². The lowest BCUT2D eigenvalue weighted by atomic mass is 10.0. The predicted molar refractivity (Wildman–Crippen MR) is 114 cm³/mol. The predicted octanol–water partition coefficient (Wildman–Crippen LogP) is 4.35. The highest BCUT2D eigenvalue weighted by Gasteiger charge is 2.20. The van der Waals surface area contributed by atoms with E-state index in [1.54, 1.807) is 7.11 Å². The SMILES string of the molecule is COc1ccc(CC[C@@H](C)N2CCN(C/C=C/c3ccccc3)CC2)cc1. The molecule has 0 N–H and O–H groups in total. The van der Waals surface area contributed by atoms with Crippen LogP contribution >= 0.6 is 0 Å². The van der Waals surface area contributed by atoms with E-state index in [1.165, 1.54) is 30.6 Å². The van der Waals surface area contributed by atoms with Crippen LogP contribution in [0, 0.1) is 0 Å². The van der Waals surface area contributed by atoms with Gasteiger partial charge in [-0.05, 0) is 43.0 Å².